The molecule has 1 saturated carbocycles. The molecule has 2 heterocycles. The van der Waals surface area contributed by atoms with Gasteiger partial charge in [0, 0.05) is 18.2 Å². The SMILES string of the molecule is OC(Cc1nc(CC2CCCC2)c[nH]1)(c1ccc(-c2ccc(F)cn2)cc1)C(F)F. The Kier molecular flexibility index (Phi) is 5.90. The van der Waals surface area contributed by atoms with E-state index < -0.39 is 17.8 Å². The summed E-state index contributed by atoms with van der Waals surface area (Å²) in [5.74, 6) is 0.492. The van der Waals surface area contributed by atoms with Crippen LogP contribution in [0, 0.1) is 11.7 Å². The van der Waals surface area contributed by atoms with Crippen LogP contribution in [0.2, 0.25) is 0 Å². The summed E-state index contributed by atoms with van der Waals surface area (Å²) >= 11 is 0. The Labute approximate surface area is 173 Å². The first-order valence-corrected chi connectivity index (χ1v) is 10.2. The third-order valence-corrected chi connectivity index (χ3v) is 5.86. The van der Waals surface area contributed by atoms with E-state index in [4.69, 9.17) is 0 Å². The molecule has 1 fully saturated rings. The van der Waals surface area contributed by atoms with Crippen LogP contribution in [-0.2, 0) is 18.4 Å². The monoisotopic (exact) mass is 415 g/mol. The molecule has 1 atom stereocenters. The van der Waals surface area contributed by atoms with E-state index in [1.165, 1.54) is 49.9 Å². The Morgan fingerprint density at radius 2 is 1.83 bits per heavy atom. The minimum absolute atomic E-state index is 0.0945. The summed E-state index contributed by atoms with van der Waals surface area (Å²) in [6.45, 7) is 0. The van der Waals surface area contributed by atoms with Gasteiger partial charge >= 0.3 is 0 Å². The van der Waals surface area contributed by atoms with E-state index >= 15 is 0 Å². The number of aliphatic hydroxyl groups is 1. The summed E-state index contributed by atoms with van der Waals surface area (Å²) in [5.41, 5.74) is -0.251. The molecule has 0 spiro atoms. The molecule has 7 heteroatoms. The second kappa shape index (κ2) is 8.60. The van der Waals surface area contributed by atoms with Crippen molar-refractivity contribution in [3.63, 3.8) is 0 Å². The quantitative estimate of drug-likeness (QED) is 0.568. The van der Waals surface area contributed by atoms with Crippen molar-refractivity contribution < 1.29 is 18.3 Å². The van der Waals surface area contributed by atoms with Crippen LogP contribution in [-0.4, -0.2) is 26.5 Å². The maximum absolute atomic E-state index is 13.9. The predicted octanol–water partition coefficient (Wildman–Crippen LogP) is 5.04. The molecule has 4 nitrogen and oxygen atoms in total. The first-order valence-electron chi connectivity index (χ1n) is 10.2. The molecule has 158 valence electrons. The van der Waals surface area contributed by atoms with Gasteiger partial charge in [0.1, 0.15) is 11.6 Å². The molecule has 2 N–H and O–H groups in total. The first kappa shape index (κ1) is 20.6. The lowest BCUT2D eigenvalue weighted by Gasteiger charge is -2.27. The van der Waals surface area contributed by atoms with Crippen molar-refractivity contribution in [3.05, 3.63) is 71.7 Å². The van der Waals surface area contributed by atoms with Crippen molar-refractivity contribution in [3.8, 4) is 11.3 Å². The minimum Gasteiger partial charge on any atom is -0.379 e. The van der Waals surface area contributed by atoms with Gasteiger partial charge in [0.05, 0.1) is 17.6 Å². The third-order valence-electron chi connectivity index (χ3n) is 5.86. The van der Waals surface area contributed by atoms with Crippen LogP contribution in [0.15, 0.2) is 48.8 Å². The molecule has 4 rings (SSSR count). The third kappa shape index (κ3) is 4.41. The van der Waals surface area contributed by atoms with Crippen molar-refractivity contribution >= 4 is 0 Å². The largest absolute Gasteiger partial charge is 0.379 e. The van der Waals surface area contributed by atoms with Gasteiger partial charge in [-0.2, -0.15) is 0 Å². The van der Waals surface area contributed by atoms with Crippen LogP contribution in [0.4, 0.5) is 13.2 Å². The highest BCUT2D eigenvalue weighted by molar-refractivity contribution is 5.59. The average molecular weight is 415 g/mol. The van der Waals surface area contributed by atoms with Crippen LogP contribution in [0.3, 0.4) is 0 Å². The van der Waals surface area contributed by atoms with E-state index in [0.29, 0.717) is 23.0 Å². The van der Waals surface area contributed by atoms with Gasteiger partial charge in [0.15, 0.2) is 5.60 Å². The van der Waals surface area contributed by atoms with E-state index in [2.05, 4.69) is 15.0 Å². The molecule has 0 aliphatic heterocycles. The summed E-state index contributed by atoms with van der Waals surface area (Å²) in [4.78, 5) is 11.4. The second-order valence-corrected chi connectivity index (χ2v) is 8.03. The number of pyridine rings is 1. The number of aromatic nitrogens is 3. The highest BCUT2D eigenvalue weighted by atomic mass is 19.3. The Bertz CT molecular complexity index is 966. The highest BCUT2D eigenvalue weighted by Gasteiger charge is 2.40. The zero-order chi connectivity index (χ0) is 21.1. The van der Waals surface area contributed by atoms with Crippen molar-refractivity contribution in [2.45, 2.75) is 50.6 Å². The zero-order valence-electron chi connectivity index (χ0n) is 16.5. The van der Waals surface area contributed by atoms with Crippen molar-refractivity contribution in [1.29, 1.82) is 0 Å². The van der Waals surface area contributed by atoms with Gasteiger partial charge < -0.3 is 10.1 Å². The summed E-state index contributed by atoms with van der Waals surface area (Å²) in [5, 5.41) is 10.8. The zero-order valence-corrected chi connectivity index (χ0v) is 16.5. The maximum atomic E-state index is 13.9. The molecule has 2 aromatic heterocycles. The number of benzene rings is 1. The number of imidazole rings is 1. The lowest BCUT2D eigenvalue weighted by Crippen LogP contribution is -2.37. The number of halogens is 3. The van der Waals surface area contributed by atoms with E-state index in [-0.39, 0.29) is 12.0 Å². The molecule has 0 saturated heterocycles. The average Bonchev–Trinajstić information content (AvgIpc) is 3.41. The van der Waals surface area contributed by atoms with Crippen LogP contribution in [0.25, 0.3) is 11.3 Å². The fourth-order valence-electron chi connectivity index (χ4n) is 4.15. The first-order chi connectivity index (χ1) is 14.4. The van der Waals surface area contributed by atoms with Gasteiger partial charge in [-0.05, 0) is 30.0 Å². The van der Waals surface area contributed by atoms with Gasteiger partial charge in [-0.25, -0.2) is 18.2 Å². The normalized spacial score (nSPS) is 16.8. The second-order valence-electron chi connectivity index (χ2n) is 8.03. The van der Waals surface area contributed by atoms with Crippen molar-refractivity contribution in [2.75, 3.05) is 0 Å². The minimum atomic E-state index is -2.99. The fourth-order valence-corrected chi connectivity index (χ4v) is 4.15. The molecule has 3 aromatic rings. The van der Waals surface area contributed by atoms with E-state index in [9.17, 15) is 18.3 Å². The summed E-state index contributed by atoms with van der Waals surface area (Å²) in [6, 6.07) is 8.89. The molecule has 1 aromatic carbocycles. The topological polar surface area (TPSA) is 61.8 Å². The van der Waals surface area contributed by atoms with Crippen molar-refractivity contribution in [2.24, 2.45) is 5.92 Å². The number of nitrogens with zero attached hydrogens (tertiary/aromatic N) is 2. The summed E-state index contributed by atoms with van der Waals surface area (Å²) < 4.78 is 40.9. The number of alkyl halides is 2. The molecule has 1 unspecified atom stereocenters. The summed E-state index contributed by atoms with van der Waals surface area (Å²) in [7, 11) is 0. The number of H-pyrrole nitrogens is 1. The molecule has 0 amide bonds. The number of aromatic amines is 1. The number of nitrogens with one attached hydrogen (secondary N) is 1. The standard InChI is InChI=1S/C23H24F3N3O/c24-18-9-10-20(27-13-18)16-5-7-17(8-6-16)23(30,22(25)26)12-21-28-14-19(29-21)11-15-3-1-2-4-15/h5-10,13-15,22,30H,1-4,11-12H2,(H,28,29). The highest BCUT2D eigenvalue weighted by Crippen LogP contribution is 2.33. The molecule has 0 radical (unpaired) electrons. The number of hydrogen-bond acceptors (Lipinski definition) is 3. The molecular weight excluding hydrogens is 391 g/mol. The van der Waals surface area contributed by atoms with Crippen molar-refractivity contribution in [1.82, 2.24) is 15.0 Å². The lowest BCUT2D eigenvalue weighted by molar-refractivity contribution is -0.102. The van der Waals surface area contributed by atoms with E-state index in [1.54, 1.807) is 18.3 Å². The maximum Gasteiger partial charge on any atom is 0.271 e. The number of rotatable bonds is 7. The fraction of sp³-hybridized carbons (Fsp3) is 0.391. The predicted molar refractivity (Wildman–Crippen MR) is 107 cm³/mol. The van der Waals surface area contributed by atoms with Gasteiger partial charge in [0.25, 0.3) is 6.43 Å². The smallest absolute Gasteiger partial charge is 0.271 e. The number of hydrogen-bond donors (Lipinski definition) is 2. The van der Waals surface area contributed by atoms with E-state index in [1.807, 2.05) is 0 Å². The Hall–Kier alpha value is -2.67. The van der Waals surface area contributed by atoms with Crippen LogP contribution in [0.5, 0.6) is 0 Å². The molecule has 30 heavy (non-hydrogen) atoms. The van der Waals surface area contributed by atoms with Gasteiger partial charge in [-0.3, -0.25) is 4.98 Å². The Balaban J connectivity index is 1.52. The van der Waals surface area contributed by atoms with Crippen LogP contribution in [0.1, 0.15) is 42.8 Å². The van der Waals surface area contributed by atoms with E-state index in [0.717, 1.165) is 18.3 Å². The van der Waals surface area contributed by atoms with Gasteiger partial charge in [-0.1, -0.05) is 49.9 Å². The Morgan fingerprint density at radius 3 is 2.47 bits per heavy atom. The Morgan fingerprint density at radius 1 is 1.10 bits per heavy atom. The van der Waals surface area contributed by atoms with Gasteiger partial charge in [-0.15, -0.1) is 0 Å². The molecule has 1 aliphatic carbocycles. The molecular formula is C23H24F3N3O. The summed E-state index contributed by atoms with van der Waals surface area (Å²) in [6.07, 6.45) is 5.20. The lowest BCUT2D eigenvalue weighted by atomic mass is 9.89. The van der Waals surface area contributed by atoms with Gasteiger partial charge in [0.2, 0.25) is 0 Å². The molecule has 1 aliphatic rings. The van der Waals surface area contributed by atoms with Crippen LogP contribution < -0.4 is 0 Å². The van der Waals surface area contributed by atoms with Crippen LogP contribution >= 0.6 is 0 Å². The molecule has 0 bridgehead atoms.